The Hall–Kier alpha value is -3.72. The van der Waals surface area contributed by atoms with Crippen molar-refractivity contribution in [3.63, 3.8) is 0 Å². The number of nitrogens with zero attached hydrogens (tertiary/aromatic N) is 6. The normalized spacial score (nSPS) is 11.1. The van der Waals surface area contributed by atoms with Crippen LogP contribution in [-0.2, 0) is 5.75 Å². The number of hydrogen-bond acceptors (Lipinski definition) is 8. The lowest BCUT2D eigenvalue weighted by atomic mass is 10.2. The quantitative estimate of drug-likeness (QED) is 0.301. The van der Waals surface area contributed by atoms with Crippen LogP contribution in [0.2, 0.25) is 0 Å². The van der Waals surface area contributed by atoms with Crippen molar-refractivity contribution < 1.29 is 9.26 Å². The number of hydrogen-bond donors (Lipinski definition) is 0. The molecule has 0 fully saturated rings. The monoisotopic (exact) mass is 416 g/mol. The Morgan fingerprint density at radius 3 is 2.83 bits per heavy atom. The second-order valence-electron chi connectivity index (χ2n) is 6.34. The minimum absolute atomic E-state index is 0.486. The van der Waals surface area contributed by atoms with Crippen molar-refractivity contribution in [1.29, 1.82) is 0 Å². The number of ether oxygens (including phenoxy) is 1. The van der Waals surface area contributed by atoms with Gasteiger partial charge in [0.2, 0.25) is 11.7 Å². The van der Waals surface area contributed by atoms with Gasteiger partial charge >= 0.3 is 0 Å². The van der Waals surface area contributed by atoms with Crippen molar-refractivity contribution in [3.05, 3.63) is 73.0 Å². The SMILES string of the molecule is COc1cccc(-c2noc(CSc3ncnc4c3cnn4-c3ccccc3)n2)c1. The summed E-state index contributed by atoms with van der Waals surface area (Å²) in [6.07, 6.45) is 3.32. The van der Waals surface area contributed by atoms with E-state index in [-0.39, 0.29) is 0 Å². The van der Waals surface area contributed by atoms with E-state index in [0.29, 0.717) is 17.5 Å². The summed E-state index contributed by atoms with van der Waals surface area (Å²) in [5, 5.41) is 10.2. The zero-order valence-electron chi connectivity index (χ0n) is 16.0. The molecule has 3 heterocycles. The number of thioether (sulfide) groups is 1. The molecule has 0 saturated carbocycles. The predicted octanol–water partition coefficient (Wildman–Crippen LogP) is 4.17. The van der Waals surface area contributed by atoms with Crippen molar-refractivity contribution in [2.45, 2.75) is 10.8 Å². The van der Waals surface area contributed by atoms with E-state index in [9.17, 15) is 0 Å². The van der Waals surface area contributed by atoms with Crippen LogP contribution >= 0.6 is 11.8 Å². The highest BCUT2D eigenvalue weighted by atomic mass is 32.2. The first-order valence-electron chi connectivity index (χ1n) is 9.16. The number of rotatable bonds is 6. The lowest BCUT2D eigenvalue weighted by Gasteiger charge is -2.03. The van der Waals surface area contributed by atoms with Crippen LogP contribution in [0.4, 0.5) is 0 Å². The maximum absolute atomic E-state index is 5.41. The molecule has 0 aliphatic rings. The molecule has 0 saturated heterocycles. The molecule has 30 heavy (non-hydrogen) atoms. The summed E-state index contributed by atoms with van der Waals surface area (Å²) < 4.78 is 12.5. The zero-order valence-corrected chi connectivity index (χ0v) is 16.8. The van der Waals surface area contributed by atoms with Crippen LogP contribution in [0.1, 0.15) is 5.89 Å². The largest absolute Gasteiger partial charge is 0.497 e. The van der Waals surface area contributed by atoms with E-state index in [2.05, 4.69) is 25.2 Å². The number of aromatic nitrogens is 6. The molecule has 5 rings (SSSR count). The minimum atomic E-state index is 0.486. The fourth-order valence-electron chi connectivity index (χ4n) is 3.02. The highest BCUT2D eigenvalue weighted by Gasteiger charge is 2.14. The van der Waals surface area contributed by atoms with E-state index in [1.165, 1.54) is 11.8 Å². The molecule has 0 aliphatic heterocycles. The van der Waals surface area contributed by atoms with Crippen molar-refractivity contribution in [3.8, 4) is 22.8 Å². The van der Waals surface area contributed by atoms with Crippen molar-refractivity contribution in [1.82, 2.24) is 29.9 Å². The standard InChI is InChI=1S/C21H16N6O2S/c1-28-16-9-5-6-14(10-16)19-25-18(29-26-19)12-30-21-17-11-24-27(20(17)22-13-23-21)15-7-3-2-4-8-15/h2-11,13H,12H2,1H3. The maximum Gasteiger partial charge on any atom is 0.237 e. The topological polar surface area (TPSA) is 91.8 Å². The van der Waals surface area contributed by atoms with Crippen LogP contribution in [0.5, 0.6) is 5.75 Å². The van der Waals surface area contributed by atoms with Gasteiger partial charge in [-0.1, -0.05) is 47.3 Å². The molecule has 0 N–H and O–H groups in total. The van der Waals surface area contributed by atoms with Gasteiger partial charge in [0.05, 0.1) is 30.1 Å². The Morgan fingerprint density at radius 1 is 1.07 bits per heavy atom. The molecule has 0 unspecified atom stereocenters. The van der Waals surface area contributed by atoms with E-state index in [4.69, 9.17) is 9.26 Å². The zero-order chi connectivity index (χ0) is 20.3. The molecule has 0 amide bonds. The fourth-order valence-corrected chi connectivity index (χ4v) is 3.82. The predicted molar refractivity (Wildman–Crippen MR) is 113 cm³/mol. The first-order valence-corrected chi connectivity index (χ1v) is 10.1. The van der Waals surface area contributed by atoms with Gasteiger partial charge in [-0.25, -0.2) is 14.6 Å². The summed E-state index contributed by atoms with van der Waals surface area (Å²) in [5.41, 5.74) is 2.53. The van der Waals surface area contributed by atoms with Crippen LogP contribution < -0.4 is 4.74 Å². The van der Waals surface area contributed by atoms with Crippen molar-refractivity contribution in [2.24, 2.45) is 0 Å². The van der Waals surface area contributed by atoms with Gasteiger partial charge < -0.3 is 9.26 Å². The average Bonchev–Trinajstić information content (AvgIpc) is 3.46. The third kappa shape index (κ3) is 3.50. The Labute approximate surface area is 175 Å². The first-order chi connectivity index (χ1) is 14.8. The third-order valence-corrected chi connectivity index (χ3v) is 5.45. The molecule has 148 valence electrons. The van der Waals surface area contributed by atoms with Crippen LogP contribution in [-0.4, -0.2) is 37.0 Å². The van der Waals surface area contributed by atoms with E-state index in [0.717, 1.165) is 33.1 Å². The maximum atomic E-state index is 5.41. The smallest absolute Gasteiger partial charge is 0.237 e. The van der Waals surface area contributed by atoms with Crippen LogP contribution in [0.15, 0.2) is 76.7 Å². The molecular formula is C21H16N6O2S. The number of para-hydroxylation sites is 1. The van der Waals surface area contributed by atoms with Crippen LogP contribution in [0, 0.1) is 0 Å². The fraction of sp³-hybridized carbons (Fsp3) is 0.0952. The lowest BCUT2D eigenvalue weighted by Crippen LogP contribution is -1.97. The average molecular weight is 416 g/mol. The summed E-state index contributed by atoms with van der Waals surface area (Å²) >= 11 is 1.50. The molecule has 2 aromatic carbocycles. The molecular weight excluding hydrogens is 400 g/mol. The molecule has 0 bridgehead atoms. The van der Waals surface area contributed by atoms with Crippen LogP contribution in [0.25, 0.3) is 28.1 Å². The van der Waals surface area contributed by atoms with Gasteiger partial charge in [0.15, 0.2) is 5.65 Å². The Bertz CT molecular complexity index is 1300. The summed E-state index contributed by atoms with van der Waals surface area (Å²) in [5.74, 6) is 2.26. The van der Waals surface area contributed by atoms with E-state index in [1.54, 1.807) is 24.3 Å². The van der Waals surface area contributed by atoms with Crippen molar-refractivity contribution in [2.75, 3.05) is 7.11 Å². The molecule has 8 nitrogen and oxygen atoms in total. The highest BCUT2D eigenvalue weighted by molar-refractivity contribution is 7.98. The van der Waals surface area contributed by atoms with E-state index < -0.39 is 0 Å². The minimum Gasteiger partial charge on any atom is -0.497 e. The number of fused-ring (bicyclic) bond motifs is 1. The van der Waals surface area contributed by atoms with Crippen LogP contribution in [0.3, 0.4) is 0 Å². The van der Waals surface area contributed by atoms with E-state index in [1.807, 2.05) is 54.6 Å². The summed E-state index contributed by atoms with van der Waals surface area (Å²) in [4.78, 5) is 13.3. The second-order valence-corrected chi connectivity index (χ2v) is 7.30. The molecule has 3 aromatic heterocycles. The van der Waals surface area contributed by atoms with Gasteiger partial charge in [-0.2, -0.15) is 10.1 Å². The van der Waals surface area contributed by atoms with Gasteiger partial charge in [-0.15, -0.1) is 0 Å². The van der Waals surface area contributed by atoms with Crippen molar-refractivity contribution >= 4 is 22.8 Å². The van der Waals surface area contributed by atoms with Gasteiger partial charge in [0, 0.05) is 5.56 Å². The Kier molecular flexibility index (Phi) is 4.86. The van der Waals surface area contributed by atoms with Gasteiger partial charge in [0.1, 0.15) is 17.1 Å². The lowest BCUT2D eigenvalue weighted by molar-refractivity contribution is 0.391. The molecule has 5 aromatic rings. The van der Waals surface area contributed by atoms with Gasteiger partial charge in [-0.3, -0.25) is 0 Å². The number of methoxy groups -OCH3 is 1. The second kappa shape index (κ2) is 7.96. The molecule has 0 spiro atoms. The molecule has 0 aliphatic carbocycles. The Morgan fingerprint density at radius 2 is 1.97 bits per heavy atom. The summed E-state index contributed by atoms with van der Waals surface area (Å²) in [7, 11) is 1.62. The third-order valence-electron chi connectivity index (χ3n) is 4.46. The van der Waals surface area contributed by atoms with E-state index >= 15 is 0 Å². The first kappa shape index (κ1) is 18.3. The van der Waals surface area contributed by atoms with Gasteiger partial charge in [-0.05, 0) is 24.3 Å². The molecule has 0 atom stereocenters. The Balaban J connectivity index is 1.37. The highest BCUT2D eigenvalue weighted by Crippen LogP contribution is 2.29. The van der Waals surface area contributed by atoms with Gasteiger partial charge in [0.25, 0.3) is 0 Å². The summed E-state index contributed by atoms with van der Waals surface area (Å²) in [6, 6.07) is 17.4. The molecule has 9 heteroatoms. The summed E-state index contributed by atoms with van der Waals surface area (Å²) in [6.45, 7) is 0. The number of benzene rings is 2. The molecule has 0 radical (unpaired) electrons.